The van der Waals surface area contributed by atoms with Gasteiger partial charge in [0.05, 0.1) is 21.5 Å². The molecule has 1 aliphatic rings. The number of nitrogen functional groups attached to an aromatic ring is 1. The van der Waals surface area contributed by atoms with Gasteiger partial charge in [-0.15, -0.1) is 23.2 Å². The Labute approximate surface area is 225 Å². The monoisotopic (exact) mass is 599 g/mol. The first-order valence-electron chi connectivity index (χ1n) is 10.1. The van der Waals surface area contributed by atoms with Crippen LogP contribution in [-0.4, -0.2) is 16.1 Å². The van der Waals surface area contributed by atoms with Crippen LogP contribution in [0.5, 0.6) is 0 Å². The van der Waals surface area contributed by atoms with Gasteiger partial charge >= 0.3 is 0 Å². The number of amides is 2. The van der Waals surface area contributed by atoms with Crippen LogP contribution in [0.2, 0.25) is 10.0 Å². The minimum atomic E-state index is -1.28. The Morgan fingerprint density at radius 1 is 0.971 bits per heavy atom. The molecule has 3 aromatic rings. The van der Waals surface area contributed by atoms with Crippen molar-refractivity contribution in [2.24, 2.45) is 5.92 Å². The van der Waals surface area contributed by atoms with Crippen molar-refractivity contribution < 1.29 is 9.59 Å². The van der Waals surface area contributed by atoms with E-state index in [1.165, 1.54) is 12.1 Å². The van der Waals surface area contributed by atoms with Crippen molar-refractivity contribution >= 4 is 91.2 Å². The molecule has 1 aliphatic carbocycles. The number of carbonyl (C=O) groups is 2. The minimum absolute atomic E-state index is 0.200. The van der Waals surface area contributed by atoms with Crippen molar-refractivity contribution in [1.29, 1.82) is 0 Å². The molecule has 3 aromatic carbocycles. The number of nitrogens with two attached hydrogens (primary N) is 1. The zero-order chi connectivity index (χ0) is 24.8. The molecule has 0 bridgehead atoms. The summed E-state index contributed by atoms with van der Waals surface area (Å²) in [5, 5.41) is 6.33. The molecule has 0 heterocycles. The molecule has 0 aliphatic heterocycles. The molecule has 5 nitrogen and oxygen atoms in total. The number of nitrogens with one attached hydrogen (secondary N) is 2. The first-order chi connectivity index (χ1) is 16.0. The third kappa shape index (κ3) is 5.02. The summed E-state index contributed by atoms with van der Waals surface area (Å²) in [6.07, 6.45) is 0. The summed E-state index contributed by atoms with van der Waals surface area (Å²) < 4.78 is -0.545. The number of hydrogen-bond acceptors (Lipinski definition) is 3. The number of benzene rings is 3. The molecule has 1 fully saturated rings. The molecule has 0 saturated heterocycles. The maximum absolute atomic E-state index is 13.0. The Bertz CT molecular complexity index is 1320. The fraction of sp³-hybridized carbons (Fsp3) is 0.167. The van der Waals surface area contributed by atoms with Crippen molar-refractivity contribution in [3.63, 3.8) is 0 Å². The molecular weight excluding hydrogens is 584 g/mol. The van der Waals surface area contributed by atoms with E-state index in [1.54, 1.807) is 36.4 Å². The number of halogens is 5. The summed E-state index contributed by atoms with van der Waals surface area (Å²) in [6, 6.07) is 15.1. The Balaban J connectivity index is 1.51. The van der Waals surface area contributed by atoms with Crippen molar-refractivity contribution in [2.75, 3.05) is 16.4 Å². The predicted molar refractivity (Wildman–Crippen MR) is 143 cm³/mol. The van der Waals surface area contributed by atoms with E-state index < -0.39 is 22.1 Å². The molecule has 1 saturated carbocycles. The van der Waals surface area contributed by atoms with Crippen LogP contribution in [0, 0.1) is 12.8 Å². The summed E-state index contributed by atoms with van der Waals surface area (Å²) in [6.45, 7) is 1.83. The molecule has 0 unspecified atom stereocenters. The summed E-state index contributed by atoms with van der Waals surface area (Å²) in [7, 11) is 0. The summed E-state index contributed by atoms with van der Waals surface area (Å²) in [5.41, 5.74) is 9.12. The molecule has 2 atom stereocenters. The zero-order valence-electron chi connectivity index (χ0n) is 17.6. The molecule has 0 radical (unpaired) electrons. The van der Waals surface area contributed by atoms with Crippen LogP contribution in [0.15, 0.2) is 59.1 Å². The minimum Gasteiger partial charge on any atom is -0.399 e. The lowest BCUT2D eigenvalue weighted by molar-refractivity contribution is -0.117. The Morgan fingerprint density at radius 2 is 1.71 bits per heavy atom. The molecule has 34 heavy (non-hydrogen) atoms. The van der Waals surface area contributed by atoms with Crippen LogP contribution in [0.1, 0.15) is 27.4 Å². The SMILES string of the molecule is Cc1cc(N)ccc1NC(=O)c1cc(NC(=O)[C@H]2[C@H](c3ccc(Br)c(Cl)c3)C2(Cl)Cl)ccc1Cl. The van der Waals surface area contributed by atoms with E-state index in [1.807, 2.05) is 13.0 Å². The summed E-state index contributed by atoms with van der Waals surface area (Å²) >= 11 is 28.7. The number of carbonyl (C=O) groups excluding carboxylic acids is 2. The standard InChI is InChI=1S/C24H18BrCl4N3O2/c1-11-8-13(30)3-7-19(11)32-22(33)15-10-14(4-6-17(15)26)31-23(34)21-20(24(21,28)29)12-2-5-16(25)18(27)9-12/h2-10,20-21H,30H2,1H3,(H,31,34)(H,32,33)/t20-,21+/m0/s1. The highest BCUT2D eigenvalue weighted by molar-refractivity contribution is 9.10. The topological polar surface area (TPSA) is 84.2 Å². The van der Waals surface area contributed by atoms with E-state index in [4.69, 9.17) is 52.1 Å². The van der Waals surface area contributed by atoms with E-state index >= 15 is 0 Å². The smallest absolute Gasteiger partial charge is 0.257 e. The first-order valence-corrected chi connectivity index (χ1v) is 12.4. The van der Waals surface area contributed by atoms with Gasteiger partial charge in [0, 0.05) is 27.5 Å². The number of aryl methyl sites for hydroxylation is 1. The zero-order valence-corrected chi connectivity index (χ0v) is 22.2. The van der Waals surface area contributed by atoms with Gasteiger partial charge < -0.3 is 16.4 Å². The van der Waals surface area contributed by atoms with Crippen molar-refractivity contribution in [3.05, 3.63) is 85.8 Å². The number of anilines is 3. The average Bonchev–Trinajstić information content (AvgIpc) is 3.35. The highest BCUT2D eigenvalue weighted by Gasteiger charge is 2.67. The van der Waals surface area contributed by atoms with E-state index in [0.29, 0.717) is 22.1 Å². The van der Waals surface area contributed by atoms with E-state index in [-0.39, 0.29) is 16.5 Å². The van der Waals surface area contributed by atoms with Gasteiger partial charge in [-0.05, 0) is 82.5 Å². The van der Waals surface area contributed by atoms with Crippen LogP contribution in [0.25, 0.3) is 0 Å². The van der Waals surface area contributed by atoms with Gasteiger partial charge in [0.15, 0.2) is 0 Å². The maximum atomic E-state index is 13.0. The number of rotatable bonds is 5. The number of hydrogen-bond donors (Lipinski definition) is 3. The summed E-state index contributed by atoms with van der Waals surface area (Å²) in [4.78, 5) is 25.8. The fourth-order valence-corrected chi connectivity index (χ4v) is 5.25. The van der Waals surface area contributed by atoms with Gasteiger partial charge in [0.1, 0.15) is 4.33 Å². The molecular formula is C24H18BrCl4N3O2. The third-order valence-corrected chi connectivity index (χ3v) is 8.12. The first kappa shape index (κ1) is 25.1. The van der Waals surface area contributed by atoms with Crippen LogP contribution >= 0.6 is 62.3 Å². The van der Waals surface area contributed by atoms with Crippen LogP contribution in [0.3, 0.4) is 0 Å². The van der Waals surface area contributed by atoms with Crippen LogP contribution in [-0.2, 0) is 4.79 Å². The van der Waals surface area contributed by atoms with Crippen LogP contribution in [0.4, 0.5) is 17.1 Å². The maximum Gasteiger partial charge on any atom is 0.257 e. The van der Waals surface area contributed by atoms with E-state index in [0.717, 1.165) is 15.6 Å². The molecule has 0 spiro atoms. The van der Waals surface area contributed by atoms with Gasteiger partial charge in [-0.2, -0.15) is 0 Å². The summed E-state index contributed by atoms with van der Waals surface area (Å²) in [5.74, 6) is -1.92. The van der Waals surface area contributed by atoms with E-state index in [9.17, 15) is 9.59 Å². The second-order valence-corrected chi connectivity index (χ2v) is 11.1. The van der Waals surface area contributed by atoms with Crippen molar-refractivity contribution in [2.45, 2.75) is 17.2 Å². The lowest BCUT2D eigenvalue weighted by Gasteiger charge is -2.12. The molecule has 4 N–H and O–H groups in total. The van der Waals surface area contributed by atoms with Gasteiger partial charge in [-0.1, -0.05) is 29.3 Å². The van der Waals surface area contributed by atoms with Gasteiger partial charge in [0.2, 0.25) is 5.91 Å². The average molecular weight is 602 g/mol. The van der Waals surface area contributed by atoms with Gasteiger partial charge in [0.25, 0.3) is 5.91 Å². The molecule has 2 amide bonds. The molecule has 10 heteroatoms. The highest BCUT2D eigenvalue weighted by atomic mass is 79.9. The fourth-order valence-electron chi connectivity index (χ4n) is 3.79. The van der Waals surface area contributed by atoms with Crippen LogP contribution < -0.4 is 16.4 Å². The number of alkyl halides is 2. The Kier molecular flexibility index (Phi) is 7.09. The van der Waals surface area contributed by atoms with Crippen molar-refractivity contribution in [3.8, 4) is 0 Å². The third-order valence-electron chi connectivity index (χ3n) is 5.62. The quantitative estimate of drug-likeness (QED) is 0.210. The Hall–Kier alpha value is -1.96. The normalized spacial score (nSPS) is 18.3. The molecule has 0 aromatic heterocycles. The molecule has 4 rings (SSSR count). The van der Waals surface area contributed by atoms with E-state index in [2.05, 4.69) is 26.6 Å². The Morgan fingerprint density at radius 3 is 2.38 bits per heavy atom. The van der Waals surface area contributed by atoms with Gasteiger partial charge in [-0.25, -0.2) is 0 Å². The second kappa shape index (κ2) is 9.59. The lowest BCUT2D eigenvalue weighted by atomic mass is 10.1. The van der Waals surface area contributed by atoms with Gasteiger partial charge in [-0.3, -0.25) is 9.59 Å². The second-order valence-electron chi connectivity index (χ2n) is 8.02. The highest BCUT2D eigenvalue weighted by Crippen LogP contribution is 2.65. The molecule has 176 valence electrons. The predicted octanol–water partition coefficient (Wildman–Crippen LogP) is 7.42. The largest absolute Gasteiger partial charge is 0.399 e. The lowest BCUT2D eigenvalue weighted by Crippen LogP contribution is -2.18. The van der Waals surface area contributed by atoms with Crippen molar-refractivity contribution in [1.82, 2.24) is 0 Å².